The Morgan fingerprint density at radius 3 is 2.52 bits per heavy atom. The lowest BCUT2D eigenvalue weighted by atomic mass is 9.52. The zero-order chi connectivity index (χ0) is 15.9. The molecule has 2 atom stereocenters. The molecule has 1 saturated heterocycles. The summed E-state index contributed by atoms with van der Waals surface area (Å²) in [6.45, 7) is 3.56. The molecule has 0 amide bonds. The van der Waals surface area contributed by atoms with Gasteiger partial charge in [-0.2, -0.15) is 0 Å². The van der Waals surface area contributed by atoms with Crippen LogP contribution in [0.2, 0.25) is 0 Å². The van der Waals surface area contributed by atoms with Crippen LogP contribution in [0.5, 0.6) is 0 Å². The molecule has 4 aliphatic carbocycles. The number of esters is 1. The molecule has 0 aromatic heterocycles. The number of aliphatic hydroxyl groups is 1. The quantitative estimate of drug-likeness (QED) is 0.758. The molecule has 4 bridgehead atoms. The van der Waals surface area contributed by atoms with E-state index in [0.29, 0.717) is 25.0 Å². The van der Waals surface area contributed by atoms with Crippen LogP contribution in [-0.4, -0.2) is 66.8 Å². The first-order valence-corrected chi connectivity index (χ1v) is 8.86. The maximum atomic E-state index is 12.2. The second-order valence-electron chi connectivity index (χ2n) is 8.05. The lowest BCUT2D eigenvalue weighted by Gasteiger charge is -2.59. The molecule has 6 nitrogen and oxygen atoms in total. The van der Waals surface area contributed by atoms with Crippen LogP contribution in [-0.2, 0) is 19.0 Å². The first-order chi connectivity index (χ1) is 11.0. The number of rotatable bonds is 5. The van der Waals surface area contributed by atoms with Crippen molar-refractivity contribution in [2.45, 2.75) is 49.7 Å². The SMILES string of the molecule is O=C(COCN1CCOCC1)OC12CC3CC(CC(O)(C3)C1)C2. The zero-order valence-electron chi connectivity index (χ0n) is 13.7. The van der Waals surface area contributed by atoms with E-state index in [0.717, 1.165) is 52.0 Å². The summed E-state index contributed by atoms with van der Waals surface area (Å²) in [4.78, 5) is 14.3. The second kappa shape index (κ2) is 5.99. The number of morpholine rings is 1. The van der Waals surface area contributed by atoms with Gasteiger partial charge in [0.2, 0.25) is 0 Å². The van der Waals surface area contributed by atoms with Crippen molar-refractivity contribution in [2.24, 2.45) is 11.8 Å². The Balaban J connectivity index is 1.27. The maximum absolute atomic E-state index is 12.2. The first-order valence-electron chi connectivity index (χ1n) is 8.86. The third-order valence-corrected chi connectivity index (χ3v) is 5.90. The van der Waals surface area contributed by atoms with Gasteiger partial charge in [0.1, 0.15) is 12.2 Å². The highest BCUT2D eigenvalue weighted by molar-refractivity contribution is 5.71. The van der Waals surface area contributed by atoms with Crippen LogP contribution < -0.4 is 0 Å². The molecule has 0 radical (unpaired) electrons. The topological polar surface area (TPSA) is 68.2 Å². The predicted molar refractivity (Wildman–Crippen MR) is 81.7 cm³/mol. The van der Waals surface area contributed by atoms with Crippen molar-refractivity contribution in [3.8, 4) is 0 Å². The highest BCUT2D eigenvalue weighted by Crippen LogP contribution is 2.58. The average molecular weight is 325 g/mol. The Bertz CT molecular complexity index is 448. The van der Waals surface area contributed by atoms with Crippen LogP contribution in [0.1, 0.15) is 38.5 Å². The number of hydrogen-bond acceptors (Lipinski definition) is 6. The third kappa shape index (κ3) is 3.40. The second-order valence-corrected chi connectivity index (χ2v) is 8.05. The number of nitrogens with zero attached hydrogens (tertiary/aromatic N) is 1. The molecule has 5 fully saturated rings. The number of ether oxygens (including phenoxy) is 3. The summed E-state index contributed by atoms with van der Waals surface area (Å²) in [5.41, 5.74) is -1.03. The van der Waals surface area contributed by atoms with Gasteiger partial charge in [0, 0.05) is 19.5 Å². The Morgan fingerprint density at radius 1 is 1.17 bits per heavy atom. The summed E-state index contributed by atoms with van der Waals surface area (Å²) >= 11 is 0. The summed E-state index contributed by atoms with van der Waals surface area (Å²) in [6.07, 6.45) is 5.41. The summed E-state index contributed by atoms with van der Waals surface area (Å²) in [5.74, 6) is 0.746. The van der Waals surface area contributed by atoms with Gasteiger partial charge in [-0.05, 0) is 43.9 Å². The largest absolute Gasteiger partial charge is 0.457 e. The molecular formula is C17H27NO5. The molecule has 0 aromatic carbocycles. The predicted octanol–water partition coefficient (Wildman–Crippen LogP) is 0.920. The Morgan fingerprint density at radius 2 is 1.87 bits per heavy atom. The van der Waals surface area contributed by atoms with Crippen molar-refractivity contribution in [3.05, 3.63) is 0 Å². The van der Waals surface area contributed by atoms with Gasteiger partial charge in [-0.25, -0.2) is 4.79 Å². The molecule has 23 heavy (non-hydrogen) atoms. The van der Waals surface area contributed by atoms with Gasteiger partial charge in [-0.15, -0.1) is 0 Å². The van der Waals surface area contributed by atoms with Crippen LogP contribution in [0.15, 0.2) is 0 Å². The minimum absolute atomic E-state index is 0.00707. The van der Waals surface area contributed by atoms with Crippen molar-refractivity contribution in [1.82, 2.24) is 4.90 Å². The molecule has 5 rings (SSSR count). The van der Waals surface area contributed by atoms with E-state index in [-0.39, 0.29) is 12.6 Å². The minimum atomic E-state index is -0.598. The molecule has 6 heteroatoms. The molecule has 1 aliphatic heterocycles. The molecule has 0 aromatic rings. The number of hydrogen-bond donors (Lipinski definition) is 1. The van der Waals surface area contributed by atoms with E-state index in [2.05, 4.69) is 4.90 Å². The van der Waals surface area contributed by atoms with Gasteiger partial charge in [0.15, 0.2) is 0 Å². The molecule has 130 valence electrons. The highest BCUT2D eigenvalue weighted by Gasteiger charge is 2.59. The van der Waals surface area contributed by atoms with Gasteiger partial charge in [0.05, 0.1) is 25.5 Å². The fourth-order valence-electron chi connectivity index (χ4n) is 5.51. The van der Waals surface area contributed by atoms with Crippen LogP contribution in [0.4, 0.5) is 0 Å². The number of carbonyl (C=O) groups is 1. The van der Waals surface area contributed by atoms with E-state index in [1.807, 2.05) is 0 Å². The van der Waals surface area contributed by atoms with Gasteiger partial charge in [-0.3, -0.25) is 4.90 Å². The Kier molecular flexibility index (Phi) is 4.12. The Hall–Kier alpha value is -0.690. The number of carbonyl (C=O) groups excluding carboxylic acids is 1. The van der Waals surface area contributed by atoms with Gasteiger partial charge in [0.25, 0.3) is 0 Å². The van der Waals surface area contributed by atoms with Crippen molar-refractivity contribution >= 4 is 5.97 Å². The van der Waals surface area contributed by atoms with Crippen LogP contribution in [0.3, 0.4) is 0 Å². The molecule has 4 saturated carbocycles. The Labute approximate surface area is 137 Å². The fourth-order valence-corrected chi connectivity index (χ4v) is 5.51. The van der Waals surface area contributed by atoms with E-state index in [4.69, 9.17) is 14.2 Å². The minimum Gasteiger partial charge on any atom is -0.457 e. The molecule has 0 spiro atoms. The average Bonchev–Trinajstić information content (AvgIpc) is 2.45. The van der Waals surface area contributed by atoms with Gasteiger partial charge >= 0.3 is 5.97 Å². The maximum Gasteiger partial charge on any atom is 0.332 e. The van der Waals surface area contributed by atoms with Crippen molar-refractivity contribution in [2.75, 3.05) is 39.6 Å². The van der Waals surface area contributed by atoms with E-state index >= 15 is 0 Å². The fraction of sp³-hybridized carbons (Fsp3) is 0.941. The lowest BCUT2D eigenvalue weighted by Crippen LogP contribution is -2.60. The third-order valence-electron chi connectivity index (χ3n) is 5.90. The zero-order valence-corrected chi connectivity index (χ0v) is 13.7. The van der Waals surface area contributed by atoms with E-state index in [9.17, 15) is 9.90 Å². The van der Waals surface area contributed by atoms with Crippen LogP contribution in [0, 0.1) is 11.8 Å². The summed E-state index contributed by atoms with van der Waals surface area (Å²) in [6, 6.07) is 0. The van der Waals surface area contributed by atoms with Crippen molar-refractivity contribution in [3.63, 3.8) is 0 Å². The highest BCUT2D eigenvalue weighted by atomic mass is 16.6. The summed E-state index contributed by atoms with van der Waals surface area (Å²) in [7, 11) is 0. The molecule has 1 heterocycles. The normalized spacial score (nSPS) is 42.8. The summed E-state index contributed by atoms with van der Waals surface area (Å²) in [5, 5.41) is 10.7. The first kappa shape index (κ1) is 15.8. The smallest absolute Gasteiger partial charge is 0.332 e. The van der Waals surface area contributed by atoms with Crippen molar-refractivity contribution < 1.29 is 24.1 Å². The van der Waals surface area contributed by atoms with E-state index in [1.54, 1.807) is 0 Å². The molecule has 5 aliphatic rings. The van der Waals surface area contributed by atoms with Crippen molar-refractivity contribution in [1.29, 1.82) is 0 Å². The van der Waals surface area contributed by atoms with Crippen LogP contribution in [0.25, 0.3) is 0 Å². The molecular weight excluding hydrogens is 298 g/mol. The molecule has 2 unspecified atom stereocenters. The molecule has 1 N–H and O–H groups in total. The van der Waals surface area contributed by atoms with E-state index in [1.165, 1.54) is 6.42 Å². The summed E-state index contributed by atoms with van der Waals surface area (Å²) < 4.78 is 16.6. The standard InChI is InChI=1S/C17H27NO5/c19-15(10-22-12-18-1-3-21-4-2-18)23-17-8-13-5-14(9-17)7-16(20,6-13)11-17/h13-14,20H,1-12H2. The lowest BCUT2D eigenvalue weighted by molar-refractivity contribution is -0.222. The van der Waals surface area contributed by atoms with Gasteiger partial charge in [-0.1, -0.05) is 0 Å². The monoisotopic (exact) mass is 325 g/mol. The van der Waals surface area contributed by atoms with Gasteiger partial charge < -0.3 is 19.3 Å². The van der Waals surface area contributed by atoms with E-state index < -0.39 is 11.2 Å². The van der Waals surface area contributed by atoms with Crippen LogP contribution >= 0.6 is 0 Å².